The van der Waals surface area contributed by atoms with Gasteiger partial charge in [-0.05, 0) is 35.9 Å². The van der Waals surface area contributed by atoms with E-state index in [9.17, 15) is 4.79 Å². The van der Waals surface area contributed by atoms with Crippen LogP contribution in [0.1, 0.15) is 23.0 Å². The summed E-state index contributed by atoms with van der Waals surface area (Å²) in [6, 6.07) is 14.7. The maximum Gasteiger partial charge on any atom is 0.224 e. The maximum atomic E-state index is 12.2. The lowest BCUT2D eigenvalue weighted by atomic mass is 10.0. The first kappa shape index (κ1) is 15.4. The number of amides is 1. The Balaban J connectivity index is 1.65. The van der Waals surface area contributed by atoms with Gasteiger partial charge in [-0.1, -0.05) is 29.8 Å². The second-order valence-electron chi connectivity index (χ2n) is 5.16. The van der Waals surface area contributed by atoms with Gasteiger partial charge in [0.15, 0.2) is 0 Å². The molecule has 2 heterocycles. The molecule has 0 bridgehead atoms. The lowest BCUT2D eigenvalue weighted by molar-refractivity contribution is -0.120. The fourth-order valence-corrected chi connectivity index (χ4v) is 2.62. The van der Waals surface area contributed by atoms with Crippen molar-refractivity contribution in [2.24, 2.45) is 0 Å². The predicted molar refractivity (Wildman–Crippen MR) is 87.4 cm³/mol. The second kappa shape index (κ2) is 7.20. The van der Waals surface area contributed by atoms with Gasteiger partial charge in [-0.15, -0.1) is 0 Å². The Morgan fingerprint density at radius 3 is 2.22 bits per heavy atom. The summed E-state index contributed by atoms with van der Waals surface area (Å²) in [5, 5.41) is 3.51. The van der Waals surface area contributed by atoms with E-state index in [0.29, 0.717) is 11.6 Å². The van der Waals surface area contributed by atoms with Crippen LogP contribution in [-0.2, 0) is 11.2 Å². The van der Waals surface area contributed by atoms with Crippen molar-refractivity contribution in [1.82, 2.24) is 5.32 Å². The van der Waals surface area contributed by atoms with Gasteiger partial charge in [0.1, 0.15) is 11.5 Å². The average Bonchev–Trinajstić information content (AvgIpc) is 3.23. The van der Waals surface area contributed by atoms with E-state index in [1.807, 2.05) is 42.5 Å². The molecule has 2 aromatic heterocycles. The van der Waals surface area contributed by atoms with E-state index in [0.717, 1.165) is 17.1 Å². The zero-order chi connectivity index (χ0) is 16.1. The molecule has 1 amide bonds. The number of carbonyl (C=O) groups is 1. The van der Waals surface area contributed by atoms with Crippen LogP contribution >= 0.6 is 11.6 Å². The molecule has 3 rings (SSSR count). The molecule has 0 atom stereocenters. The molecular weight excluding hydrogens is 314 g/mol. The molecular formula is C18H16ClNO3. The Hall–Kier alpha value is -2.46. The zero-order valence-corrected chi connectivity index (χ0v) is 13.1. The molecule has 5 heteroatoms. The highest BCUT2D eigenvalue weighted by molar-refractivity contribution is 6.31. The normalized spacial score (nSPS) is 10.9. The number of hydrogen-bond acceptors (Lipinski definition) is 3. The molecule has 0 aliphatic carbocycles. The molecule has 0 radical (unpaired) electrons. The first-order chi connectivity index (χ1) is 11.2. The summed E-state index contributed by atoms with van der Waals surface area (Å²) in [4.78, 5) is 12.2. The summed E-state index contributed by atoms with van der Waals surface area (Å²) in [6.07, 6.45) is 3.45. The maximum absolute atomic E-state index is 12.2. The van der Waals surface area contributed by atoms with Gasteiger partial charge < -0.3 is 14.2 Å². The molecule has 4 nitrogen and oxygen atoms in total. The van der Waals surface area contributed by atoms with E-state index in [1.165, 1.54) is 0 Å². The number of halogens is 1. The minimum absolute atomic E-state index is 0.0961. The monoisotopic (exact) mass is 329 g/mol. The molecule has 118 valence electrons. The fraction of sp³-hybridized carbons (Fsp3) is 0.167. The number of hydrogen-bond donors (Lipinski definition) is 1. The van der Waals surface area contributed by atoms with Gasteiger partial charge in [-0.3, -0.25) is 4.79 Å². The van der Waals surface area contributed by atoms with E-state index >= 15 is 0 Å². The van der Waals surface area contributed by atoms with E-state index in [1.54, 1.807) is 18.6 Å². The largest absolute Gasteiger partial charge is 0.469 e. The van der Waals surface area contributed by atoms with Crippen LogP contribution in [0.2, 0.25) is 5.02 Å². The third kappa shape index (κ3) is 3.85. The first-order valence-corrected chi connectivity index (χ1v) is 7.69. The smallest absolute Gasteiger partial charge is 0.224 e. The van der Waals surface area contributed by atoms with Gasteiger partial charge >= 0.3 is 0 Å². The lowest BCUT2D eigenvalue weighted by Gasteiger charge is -2.13. The number of furan rings is 2. The molecule has 0 aliphatic rings. The van der Waals surface area contributed by atoms with Crippen LogP contribution in [0.25, 0.3) is 0 Å². The number of carbonyl (C=O) groups excluding carboxylic acids is 1. The predicted octanol–water partition coefficient (Wildman–Crippen LogP) is 4.02. The van der Waals surface area contributed by atoms with Gasteiger partial charge in [0.25, 0.3) is 0 Å². The quantitative estimate of drug-likeness (QED) is 0.743. The van der Waals surface area contributed by atoms with Gasteiger partial charge in [-0.25, -0.2) is 0 Å². The molecule has 0 saturated heterocycles. The highest BCUT2D eigenvalue weighted by Gasteiger charge is 2.20. The fourth-order valence-electron chi connectivity index (χ4n) is 2.41. The van der Waals surface area contributed by atoms with Crippen molar-refractivity contribution in [3.8, 4) is 0 Å². The van der Waals surface area contributed by atoms with Gasteiger partial charge in [0.05, 0.1) is 24.9 Å². The molecule has 0 unspecified atom stereocenters. The summed E-state index contributed by atoms with van der Waals surface area (Å²) >= 11 is 6.08. The Morgan fingerprint density at radius 2 is 1.65 bits per heavy atom. The number of benzene rings is 1. The minimum Gasteiger partial charge on any atom is -0.469 e. The van der Waals surface area contributed by atoms with Crippen LogP contribution in [0.3, 0.4) is 0 Å². The van der Waals surface area contributed by atoms with Crippen molar-refractivity contribution in [3.05, 3.63) is 83.2 Å². The van der Waals surface area contributed by atoms with Crippen LogP contribution < -0.4 is 5.32 Å². The van der Waals surface area contributed by atoms with Crippen molar-refractivity contribution < 1.29 is 13.6 Å². The highest BCUT2D eigenvalue weighted by atomic mass is 35.5. The highest BCUT2D eigenvalue weighted by Crippen LogP contribution is 2.25. The van der Waals surface area contributed by atoms with Crippen molar-refractivity contribution >= 4 is 17.5 Å². The van der Waals surface area contributed by atoms with E-state index in [2.05, 4.69) is 5.32 Å². The summed E-state index contributed by atoms with van der Waals surface area (Å²) in [5.74, 6) is 1.24. The molecule has 0 spiro atoms. The Labute approximate surface area is 139 Å². The molecule has 0 saturated carbocycles. The van der Waals surface area contributed by atoms with Crippen LogP contribution in [0.5, 0.6) is 0 Å². The van der Waals surface area contributed by atoms with Crippen LogP contribution in [0, 0.1) is 0 Å². The SMILES string of the molecule is O=C(Cc1ccccc1Cl)NCC(c1ccco1)c1ccco1. The second-order valence-corrected chi connectivity index (χ2v) is 5.56. The van der Waals surface area contributed by atoms with Crippen molar-refractivity contribution in [3.63, 3.8) is 0 Å². The summed E-state index contributed by atoms with van der Waals surface area (Å²) in [6.45, 7) is 0.393. The van der Waals surface area contributed by atoms with Gasteiger partial charge in [-0.2, -0.15) is 0 Å². The van der Waals surface area contributed by atoms with Crippen molar-refractivity contribution in [2.75, 3.05) is 6.54 Å². The van der Waals surface area contributed by atoms with E-state index < -0.39 is 0 Å². The van der Waals surface area contributed by atoms with Crippen LogP contribution in [0.15, 0.2) is 69.9 Å². The topological polar surface area (TPSA) is 55.4 Å². The minimum atomic E-state index is -0.157. The third-order valence-electron chi connectivity index (χ3n) is 3.59. The Morgan fingerprint density at radius 1 is 1.00 bits per heavy atom. The molecule has 0 aliphatic heterocycles. The Bertz CT molecular complexity index is 716. The number of rotatable bonds is 6. The molecule has 0 fully saturated rings. The van der Waals surface area contributed by atoms with Crippen molar-refractivity contribution in [2.45, 2.75) is 12.3 Å². The van der Waals surface area contributed by atoms with E-state index in [-0.39, 0.29) is 18.2 Å². The molecule has 23 heavy (non-hydrogen) atoms. The molecule has 1 aromatic carbocycles. The summed E-state index contributed by atoms with van der Waals surface area (Å²) < 4.78 is 10.9. The summed E-state index contributed by atoms with van der Waals surface area (Å²) in [5.41, 5.74) is 0.805. The van der Waals surface area contributed by atoms with E-state index in [4.69, 9.17) is 20.4 Å². The third-order valence-corrected chi connectivity index (χ3v) is 3.95. The molecule has 3 aromatic rings. The van der Waals surface area contributed by atoms with Crippen LogP contribution in [0.4, 0.5) is 0 Å². The average molecular weight is 330 g/mol. The van der Waals surface area contributed by atoms with Crippen molar-refractivity contribution in [1.29, 1.82) is 0 Å². The lowest BCUT2D eigenvalue weighted by Crippen LogP contribution is -2.30. The summed E-state index contributed by atoms with van der Waals surface area (Å²) in [7, 11) is 0. The first-order valence-electron chi connectivity index (χ1n) is 7.31. The Kier molecular flexibility index (Phi) is 4.83. The van der Waals surface area contributed by atoms with Crippen LogP contribution in [-0.4, -0.2) is 12.5 Å². The van der Waals surface area contributed by atoms with Gasteiger partial charge in [0.2, 0.25) is 5.91 Å². The number of nitrogens with one attached hydrogen (secondary N) is 1. The standard InChI is InChI=1S/C18H16ClNO3/c19-15-6-2-1-5-13(15)11-18(21)20-12-14(16-7-3-9-22-16)17-8-4-10-23-17/h1-10,14H,11-12H2,(H,20,21). The zero-order valence-electron chi connectivity index (χ0n) is 12.4. The van der Waals surface area contributed by atoms with Gasteiger partial charge in [0, 0.05) is 11.6 Å². The molecule has 1 N–H and O–H groups in total.